The molecule has 1 saturated heterocycles. The van der Waals surface area contributed by atoms with Crippen molar-refractivity contribution in [2.45, 2.75) is 20.3 Å². The summed E-state index contributed by atoms with van der Waals surface area (Å²) in [5.74, 6) is -1.06. The number of aromatic nitrogens is 1. The summed E-state index contributed by atoms with van der Waals surface area (Å²) in [7, 11) is 0. The number of pyridine rings is 1. The number of carbonyl (C=O) groups excluding carboxylic acids is 1. The highest BCUT2D eigenvalue weighted by Crippen LogP contribution is 2.38. The second-order valence-electron chi connectivity index (χ2n) is 5.46. The Balaban J connectivity index is 2.18. The molecular formula is C14H17ClN2O3. The van der Waals surface area contributed by atoms with Crippen LogP contribution in [0.15, 0.2) is 18.3 Å². The molecule has 1 aromatic rings. The lowest BCUT2D eigenvalue weighted by Gasteiger charge is -2.28. The van der Waals surface area contributed by atoms with Crippen LogP contribution in [-0.4, -0.2) is 40.0 Å². The molecule has 1 atom stereocenters. The third-order valence-corrected chi connectivity index (χ3v) is 4.32. The SMILES string of the molecule is CC(C)C1(C(=O)O)CCN(C(=O)c2ccc(Cl)nc2)C1. The largest absolute Gasteiger partial charge is 0.481 e. The minimum absolute atomic E-state index is 0.0267. The summed E-state index contributed by atoms with van der Waals surface area (Å²) in [6.45, 7) is 4.45. The molecule has 2 rings (SSSR count). The Morgan fingerprint density at radius 2 is 2.15 bits per heavy atom. The summed E-state index contributed by atoms with van der Waals surface area (Å²) in [5.41, 5.74) is -0.422. The van der Waals surface area contributed by atoms with Gasteiger partial charge in [0.05, 0.1) is 11.0 Å². The van der Waals surface area contributed by atoms with Gasteiger partial charge in [0.2, 0.25) is 0 Å². The van der Waals surface area contributed by atoms with E-state index < -0.39 is 11.4 Å². The van der Waals surface area contributed by atoms with Crippen LogP contribution in [0, 0.1) is 11.3 Å². The van der Waals surface area contributed by atoms with Crippen LogP contribution in [-0.2, 0) is 4.79 Å². The number of carbonyl (C=O) groups is 2. The van der Waals surface area contributed by atoms with Crippen molar-refractivity contribution in [3.63, 3.8) is 0 Å². The van der Waals surface area contributed by atoms with E-state index in [2.05, 4.69) is 4.98 Å². The summed E-state index contributed by atoms with van der Waals surface area (Å²) in [4.78, 5) is 29.3. The van der Waals surface area contributed by atoms with Gasteiger partial charge in [0.15, 0.2) is 0 Å². The first-order valence-corrected chi connectivity index (χ1v) is 6.89. The maximum Gasteiger partial charge on any atom is 0.311 e. The van der Waals surface area contributed by atoms with Gasteiger partial charge in [-0.05, 0) is 24.5 Å². The molecule has 0 saturated carbocycles. The van der Waals surface area contributed by atoms with Gasteiger partial charge in [0.25, 0.3) is 5.91 Å². The number of likely N-dealkylation sites (tertiary alicyclic amines) is 1. The van der Waals surface area contributed by atoms with Gasteiger partial charge in [-0.15, -0.1) is 0 Å². The van der Waals surface area contributed by atoms with Crippen LogP contribution in [0.1, 0.15) is 30.6 Å². The molecule has 0 spiro atoms. The average Bonchev–Trinajstić information content (AvgIpc) is 2.85. The molecule has 1 fully saturated rings. The monoisotopic (exact) mass is 296 g/mol. The lowest BCUT2D eigenvalue weighted by atomic mass is 9.76. The summed E-state index contributed by atoms with van der Waals surface area (Å²) in [6.07, 6.45) is 1.90. The van der Waals surface area contributed by atoms with Crippen LogP contribution in [0.3, 0.4) is 0 Å². The Kier molecular flexibility index (Phi) is 3.99. The Bertz CT molecular complexity index is 530. The molecule has 1 unspecified atom stereocenters. The molecule has 5 nitrogen and oxygen atoms in total. The molecule has 2 heterocycles. The molecule has 6 heteroatoms. The average molecular weight is 297 g/mol. The van der Waals surface area contributed by atoms with Crippen LogP contribution in [0.25, 0.3) is 0 Å². The van der Waals surface area contributed by atoms with Crippen LogP contribution < -0.4 is 0 Å². The van der Waals surface area contributed by atoms with E-state index in [9.17, 15) is 14.7 Å². The molecule has 0 aliphatic carbocycles. The zero-order chi connectivity index (χ0) is 14.9. The topological polar surface area (TPSA) is 70.5 Å². The zero-order valence-electron chi connectivity index (χ0n) is 11.5. The van der Waals surface area contributed by atoms with Gasteiger partial charge in [-0.2, -0.15) is 0 Å². The predicted molar refractivity (Wildman–Crippen MR) is 74.7 cm³/mol. The predicted octanol–water partition coefficient (Wildman–Crippen LogP) is 2.31. The molecule has 108 valence electrons. The summed E-state index contributed by atoms with van der Waals surface area (Å²) < 4.78 is 0. The first-order valence-electron chi connectivity index (χ1n) is 6.51. The van der Waals surface area contributed by atoms with Gasteiger partial charge in [-0.1, -0.05) is 25.4 Å². The molecule has 1 aliphatic rings. The van der Waals surface area contributed by atoms with Crippen molar-refractivity contribution >= 4 is 23.5 Å². The van der Waals surface area contributed by atoms with Crippen molar-refractivity contribution in [1.82, 2.24) is 9.88 Å². The first-order chi connectivity index (χ1) is 9.36. The van der Waals surface area contributed by atoms with Gasteiger partial charge >= 0.3 is 5.97 Å². The van der Waals surface area contributed by atoms with E-state index in [0.717, 1.165) is 0 Å². The van der Waals surface area contributed by atoms with Gasteiger partial charge in [0.1, 0.15) is 5.15 Å². The van der Waals surface area contributed by atoms with Crippen molar-refractivity contribution < 1.29 is 14.7 Å². The molecular weight excluding hydrogens is 280 g/mol. The zero-order valence-corrected chi connectivity index (χ0v) is 12.2. The fraction of sp³-hybridized carbons (Fsp3) is 0.500. The molecule has 0 radical (unpaired) electrons. The fourth-order valence-corrected chi connectivity index (χ4v) is 2.70. The van der Waals surface area contributed by atoms with E-state index in [0.29, 0.717) is 23.7 Å². The Morgan fingerprint density at radius 3 is 2.60 bits per heavy atom. The van der Waals surface area contributed by atoms with Crippen molar-refractivity contribution in [3.8, 4) is 0 Å². The summed E-state index contributed by atoms with van der Waals surface area (Å²) in [6, 6.07) is 3.16. The van der Waals surface area contributed by atoms with Crippen LogP contribution in [0.4, 0.5) is 0 Å². The van der Waals surface area contributed by atoms with Crippen LogP contribution >= 0.6 is 11.6 Å². The number of hydrogen-bond donors (Lipinski definition) is 1. The molecule has 0 aromatic carbocycles. The van der Waals surface area contributed by atoms with E-state index in [1.807, 2.05) is 13.8 Å². The Labute approximate surface area is 122 Å². The Morgan fingerprint density at radius 1 is 1.45 bits per heavy atom. The molecule has 1 aliphatic heterocycles. The highest BCUT2D eigenvalue weighted by molar-refractivity contribution is 6.29. The number of carboxylic acids is 1. The highest BCUT2D eigenvalue weighted by Gasteiger charge is 2.48. The molecule has 0 bridgehead atoms. The van der Waals surface area contributed by atoms with E-state index in [1.54, 1.807) is 17.0 Å². The maximum atomic E-state index is 12.3. The molecule has 20 heavy (non-hydrogen) atoms. The lowest BCUT2D eigenvalue weighted by Crippen LogP contribution is -2.40. The van der Waals surface area contributed by atoms with Crippen molar-refractivity contribution in [1.29, 1.82) is 0 Å². The van der Waals surface area contributed by atoms with Gasteiger partial charge in [-0.3, -0.25) is 9.59 Å². The van der Waals surface area contributed by atoms with Gasteiger partial charge in [-0.25, -0.2) is 4.98 Å². The van der Waals surface area contributed by atoms with E-state index in [-0.39, 0.29) is 18.4 Å². The summed E-state index contributed by atoms with van der Waals surface area (Å²) >= 11 is 5.69. The third-order valence-electron chi connectivity index (χ3n) is 4.09. The number of carboxylic acid groups (broad SMARTS) is 1. The van der Waals surface area contributed by atoms with E-state index >= 15 is 0 Å². The number of nitrogens with zero attached hydrogens (tertiary/aromatic N) is 2. The number of rotatable bonds is 3. The smallest absolute Gasteiger partial charge is 0.311 e. The van der Waals surface area contributed by atoms with E-state index in [4.69, 9.17) is 11.6 Å². The first kappa shape index (κ1) is 14.8. The van der Waals surface area contributed by atoms with Gasteiger partial charge in [0, 0.05) is 19.3 Å². The minimum atomic E-state index is -0.852. The summed E-state index contributed by atoms with van der Waals surface area (Å²) in [5, 5.41) is 9.80. The number of amides is 1. The third kappa shape index (κ3) is 2.50. The van der Waals surface area contributed by atoms with E-state index in [1.165, 1.54) is 6.20 Å². The van der Waals surface area contributed by atoms with Crippen molar-refractivity contribution in [2.24, 2.45) is 11.3 Å². The fourth-order valence-electron chi connectivity index (χ4n) is 2.58. The van der Waals surface area contributed by atoms with Crippen molar-refractivity contribution in [2.75, 3.05) is 13.1 Å². The number of aliphatic carboxylic acids is 1. The lowest BCUT2D eigenvalue weighted by molar-refractivity contribution is -0.150. The van der Waals surface area contributed by atoms with Crippen LogP contribution in [0.5, 0.6) is 0 Å². The van der Waals surface area contributed by atoms with Gasteiger partial charge < -0.3 is 10.0 Å². The normalized spacial score (nSPS) is 22.3. The number of hydrogen-bond acceptors (Lipinski definition) is 3. The highest BCUT2D eigenvalue weighted by atomic mass is 35.5. The maximum absolute atomic E-state index is 12.3. The number of halogens is 1. The molecule has 1 N–H and O–H groups in total. The molecule has 1 aromatic heterocycles. The Hall–Kier alpha value is -1.62. The van der Waals surface area contributed by atoms with Crippen LogP contribution in [0.2, 0.25) is 5.15 Å². The quantitative estimate of drug-likeness (QED) is 0.869. The standard InChI is InChI=1S/C14H17ClN2O3/c1-9(2)14(13(19)20)5-6-17(8-14)12(18)10-3-4-11(15)16-7-10/h3-4,7,9H,5-6,8H2,1-2H3,(H,19,20). The second-order valence-corrected chi connectivity index (χ2v) is 5.85. The minimum Gasteiger partial charge on any atom is -0.481 e. The van der Waals surface area contributed by atoms with Crippen molar-refractivity contribution in [3.05, 3.63) is 29.0 Å². The molecule has 1 amide bonds. The second kappa shape index (κ2) is 5.40.